The molecule has 6 nitrogen and oxygen atoms in total. The van der Waals surface area contributed by atoms with Crippen LogP contribution in [0.2, 0.25) is 0 Å². The molecule has 2 rings (SSSR count). The summed E-state index contributed by atoms with van der Waals surface area (Å²) in [5.74, 6) is 0.241. The van der Waals surface area contributed by atoms with Crippen molar-refractivity contribution in [1.29, 1.82) is 0 Å². The summed E-state index contributed by atoms with van der Waals surface area (Å²) in [6.45, 7) is 5.27. The minimum Gasteiger partial charge on any atom is -0.348 e. The van der Waals surface area contributed by atoms with Crippen molar-refractivity contribution in [2.45, 2.75) is 26.8 Å². The zero-order chi connectivity index (χ0) is 16.1. The van der Waals surface area contributed by atoms with Gasteiger partial charge >= 0.3 is 0 Å². The second-order valence-electron chi connectivity index (χ2n) is 5.18. The minimum atomic E-state index is -0.257. The third-order valence-corrected chi connectivity index (χ3v) is 2.85. The van der Waals surface area contributed by atoms with Gasteiger partial charge in [-0.3, -0.25) is 9.59 Å². The van der Waals surface area contributed by atoms with E-state index in [0.29, 0.717) is 11.4 Å². The largest absolute Gasteiger partial charge is 0.348 e. The Morgan fingerprint density at radius 2 is 1.91 bits per heavy atom. The van der Waals surface area contributed by atoms with Gasteiger partial charge in [0.15, 0.2) is 5.78 Å². The van der Waals surface area contributed by atoms with Crippen LogP contribution in [0, 0.1) is 0 Å². The Morgan fingerprint density at radius 3 is 2.50 bits per heavy atom. The Kier molecular flexibility index (Phi) is 4.83. The first kappa shape index (κ1) is 15.6. The van der Waals surface area contributed by atoms with Gasteiger partial charge in [-0.25, -0.2) is 9.97 Å². The van der Waals surface area contributed by atoms with E-state index in [-0.39, 0.29) is 23.4 Å². The monoisotopic (exact) mass is 298 g/mol. The number of nitrogens with zero attached hydrogens (tertiary/aromatic N) is 2. The average Bonchev–Trinajstić information content (AvgIpc) is 2.47. The molecule has 0 fully saturated rings. The number of amides is 1. The number of hydrogen-bond donors (Lipinski definition) is 2. The molecule has 0 aliphatic carbocycles. The van der Waals surface area contributed by atoms with Crippen LogP contribution in [0.5, 0.6) is 0 Å². The highest BCUT2D eigenvalue weighted by molar-refractivity contribution is 5.95. The Hall–Kier alpha value is -2.76. The number of benzene rings is 1. The van der Waals surface area contributed by atoms with Gasteiger partial charge in [0.25, 0.3) is 5.91 Å². The minimum absolute atomic E-state index is 0.00422. The molecule has 0 aliphatic heterocycles. The molecule has 0 aliphatic rings. The van der Waals surface area contributed by atoms with E-state index in [2.05, 4.69) is 20.6 Å². The third-order valence-electron chi connectivity index (χ3n) is 2.85. The molecule has 1 aromatic heterocycles. The molecule has 2 N–H and O–H groups in total. The highest BCUT2D eigenvalue weighted by atomic mass is 16.2. The summed E-state index contributed by atoms with van der Waals surface area (Å²) < 4.78 is 0. The van der Waals surface area contributed by atoms with Crippen molar-refractivity contribution in [1.82, 2.24) is 15.3 Å². The van der Waals surface area contributed by atoms with E-state index in [1.165, 1.54) is 19.3 Å². The van der Waals surface area contributed by atoms with Gasteiger partial charge in [0.1, 0.15) is 11.5 Å². The van der Waals surface area contributed by atoms with E-state index in [1.54, 1.807) is 18.2 Å². The molecule has 1 heterocycles. The number of carbonyl (C=O) groups is 2. The molecule has 1 amide bonds. The van der Waals surface area contributed by atoms with Crippen LogP contribution in [0.4, 0.5) is 11.5 Å². The SMILES string of the molecule is CC(=O)c1cccc(Nc2cnc(C(=O)NC(C)C)cn2)c1. The van der Waals surface area contributed by atoms with Crippen LogP contribution in [0.15, 0.2) is 36.7 Å². The van der Waals surface area contributed by atoms with Gasteiger partial charge in [0.2, 0.25) is 0 Å². The summed E-state index contributed by atoms with van der Waals surface area (Å²) in [5.41, 5.74) is 1.61. The molecule has 2 aromatic rings. The number of carbonyl (C=O) groups excluding carboxylic acids is 2. The van der Waals surface area contributed by atoms with Gasteiger partial charge in [-0.2, -0.15) is 0 Å². The van der Waals surface area contributed by atoms with Crippen molar-refractivity contribution in [2.24, 2.45) is 0 Å². The predicted octanol–water partition coefficient (Wildman–Crippen LogP) is 2.56. The van der Waals surface area contributed by atoms with E-state index < -0.39 is 0 Å². The standard InChI is InChI=1S/C16H18N4O2/c1-10(2)19-16(22)14-8-18-15(9-17-14)20-13-6-4-5-12(7-13)11(3)21/h4-10H,1-3H3,(H,18,20)(H,19,22). The first-order chi connectivity index (χ1) is 10.5. The topological polar surface area (TPSA) is 84.0 Å². The molecule has 0 radical (unpaired) electrons. The van der Waals surface area contributed by atoms with Crippen molar-refractivity contribution >= 4 is 23.2 Å². The molecule has 0 saturated carbocycles. The van der Waals surface area contributed by atoms with Crippen molar-refractivity contribution in [3.8, 4) is 0 Å². The lowest BCUT2D eigenvalue weighted by atomic mass is 10.1. The number of ketones is 1. The summed E-state index contributed by atoms with van der Waals surface area (Å²) in [4.78, 5) is 31.4. The zero-order valence-electron chi connectivity index (χ0n) is 12.8. The van der Waals surface area contributed by atoms with Crippen LogP contribution >= 0.6 is 0 Å². The second-order valence-corrected chi connectivity index (χ2v) is 5.18. The van der Waals surface area contributed by atoms with E-state index in [4.69, 9.17) is 0 Å². The Labute approximate surface area is 129 Å². The molecule has 0 saturated heterocycles. The summed E-state index contributed by atoms with van der Waals surface area (Å²) in [5, 5.41) is 5.80. The van der Waals surface area contributed by atoms with Gasteiger partial charge in [-0.05, 0) is 32.9 Å². The molecule has 0 atom stereocenters. The maximum absolute atomic E-state index is 11.8. The third kappa shape index (κ3) is 4.12. The smallest absolute Gasteiger partial charge is 0.271 e. The molecule has 0 spiro atoms. The van der Waals surface area contributed by atoms with Crippen LogP contribution in [0.3, 0.4) is 0 Å². The van der Waals surface area contributed by atoms with E-state index in [9.17, 15) is 9.59 Å². The first-order valence-electron chi connectivity index (χ1n) is 6.96. The van der Waals surface area contributed by atoms with Crippen LogP contribution < -0.4 is 10.6 Å². The number of rotatable bonds is 5. The summed E-state index contributed by atoms with van der Waals surface area (Å²) in [6.07, 6.45) is 2.89. The number of Topliss-reactive ketones (excluding diaryl/α,β-unsaturated/α-hetero) is 1. The quantitative estimate of drug-likeness (QED) is 0.829. The number of hydrogen-bond acceptors (Lipinski definition) is 5. The van der Waals surface area contributed by atoms with Gasteiger partial charge < -0.3 is 10.6 Å². The molecule has 0 unspecified atom stereocenters. The molecule has 6 heteroatoms. The number of aromatic nitrogens is 2. The average molecular weight is 298 g/mol. The van der Waals surface area contributed by atoms with Crippen molar-refractivity contribution in [2.75, 3.05) is 5.32 Å². The van der Waals surface area contributed by atoms with Crippen LogP contribution in [0.25, 0.3) is 0 Å². The predicted molar refractivity (Wildman–Crippen MR) is 84.4 cm³/mol. The molecule has 114 valence electrons. The Balaban J connectivity index is 2.10. The van der Waals surface area contributed by atoms with Gasteiger partial charge in [-0.15, -0.1) is 0 Å². The summed E-state index contributed by atoms with van der Waals surface area (Å²) in [7, 11) is 0. The van der Waals surface area contributed by atoms with Gasteiger partial charge in [0, 0.05) is 17.3 Å². The van der Waals surface area contributed by atoms with Crippen LogP contribution in [0.1, 0.15) is 41.6 Å². The van der Waals surface area contributed by atoms with Gasteiger partial charge in [-0.1, -0.05) is 12.1 Å². The highest BCUT2D eigenvalue weighted by Crippen LogP contribution is 2.15. The summed E-state index contributed by atoms with van der Waals surface area (Å²) in [6, 6.07) is 7.15. The fraction of sp³-hybridized carbons (Fsp3) is 0.250. The van der Waals surface area contributed by atoms with E-state index in [0.717, 1.165) is 5.69 Å². The summed E-state index contributed by atoms with van der Waals surface area (Å²) >= 11 is 0. The molecular formula is C16H18N4O2. The highest BCUT2D eigenvalue weighted by Gasteiger charge is 2.09. The molecule has 22 heavy (non-hydrogen) atoms. The zero-order valence-corrected chi connectivity index (χ0v) is 12.8. The molecule has 0 bridgehead atoms. The molecule has 1 aromatic carbocycles. The fourth-order valence-corrected chi connectivity index (χ4v) is 1.81. The lowest BCUT2D eigenvalue weighted by molar-refractivity contribution is 0.0937. The lowest BCUT2D eigenvalue weighted by Gasteiger charge is -2.09. The first-order valence-corrected chi connectivity index (χ1v) is 6.96. The number of anilines is 2. The van der Waals surface area contributed by atoms with E-state index >= 15 is 0 Å². The van der Waals surface area contributed by atoms with Gasteiger partial charge in [0.05, 0.1) is 12.4 Å². The fourth-order valence-electron chi connectivity index (χ4n) is 1.81. The van der Waals surface area contributed by atoms with Crippen LogP contribution in [-0.4, -0.2) is 27.7 Å². The van der Waals surface area contributed by atoms with Crippen molar-refractivity contribution < 1.29 is 9.59 Å². The second kappa shape index (κ2) is 6.80. The van der Waals surface area contributed by atoms with E-state index in [1.807, 2.05) is 19.9 Å². The maximum atomic E-state index is 11.8. The van der Waals surface area contributed by atoms with Crippen molar-refractivity contribution in [3.63, 3.8) is 0 Å². The maximum Gasteiger partial charge on any atom is 0.271 e. The van der Waals surface area contributed by atoms with Crippen LogP contribution in [-0.2, 0) is 0 Å². The Morgan fingerprint density at radius 1 is 1.14 bits per heavy atom. The number of nitrogens with one attached hydrogen (secondary N) is 2. The normalized spacial score (nSPS) is 10.4. The van der Waals surface area contributed by atoms with Crippen molar-refractivity contribution in [3.05, 3.63) is 47.9 Å². The Bertz CT molecular complexity index is 681. The lowest BCUT2D eigenvalue weighted by Crippen LogP contribution is -2.30. The molecular weight excluding hydrogens is 280 g/mol.